The highest BCUT2D eigenvalue weighted by Gasteiger charge is 2.24. The molecule has 1 unspecified atom stereocenters. The SMILES string of the molecule is COc1ccccc1NC(=O)CN1CCC(=O)C(C)C1. The molecule has 20 heavy (non-hydrogen) atoms. The van der Waals surface area contributed by atoms with Gasteiger partial charge in [-0.15, -0.1) is 0 Å². The number of anilines is 1. The first-order valence-corrected chi connectivity index (χ1v) is 6.78. The molecule has 1 fully saturated rings. The van der Waals surface area contributed by atoms with Crippen molar-refractivity contribution in [2.24, 2.45) is 5.92 Å². The van der Waals surface area contributed by atoms with E-state index in [0.717, 1.165) is 0 Å². The van der Waals surface area contributed by atoms with E-state index in [4.69, 9.17) is 4.74 Å². The highest BCUT2D eigenvalue weighted by Crippen LogP contribution is 2.23. The van der Waals surface area contributed by atoms with E-state index in [1.54, 1.807) is 19.2 Å². The lowest BCUT2D eigenvalue weighted by atomic mass is 9.99. The van der Waals surface area contributed by atoms with Gasteiger partial charge in [-0.1, -0.05) is 19.1 Å². The predicted octanol–water partition coefficient (Wildman–Crippen LogP) is 1.54. The molecule has 1 N–H and O–H groups in total. The number of carbonyl (C=O) groups is 2. The van der Waals surface area contributed by atoms with Crippen LogP contribution in [0.5, 0.6) is 5.75 Å². The second kappa shape index (κ2) is 6.52. The van der Waals surface area contributed by atoms with Gasteiger partial charge in [-0.3, -0.25) is 14.5 Å². The van der Waals surface area contributed by atoms with Crippen molar-refractivity contribution >= 4 is 17.4 Å². The van der Waals surface area contributed by atoms with Crippen LogP contribution < -0.4 is 10.1 Å². The van der Waals surface area contributed by atoms with Gasteiger partial charge in [0.15, 0.2) is 0 Å². The van der Waals surface area contributed by atoms with Gasteiger partial charge in [0.2, 0.25) is 5.91 Å². The predicted molar refractivity (Wildman–Crippen MR) is 76.9 cm³/mol. The zero-order valence-electron chi connectivity index (χ0n) is 11.9. The number of nitrogens with zero attached hydrogens (tertiary/aromatic N) is 1. The molecule has 5 nitrogen and oxygen atoms in total. The van der Waals surface area contributed by atoms with Crippen molar-refractivity contribution in [3.63, 3.8) is 0 Å². The van der Waals surface area contributed by atoms with Gasteiger partial charge in [0.1, 0.15) is 11.5 Å². The maximum Gasteiger partial charge on any atom is 0.238 e. The van der Waals surface area contributed by atoms with Gasteiger partial charge >= 0.3 is 0 Å². The zero-order chi connectivity index (χ0) is 14.5. The number of para-hydroxylation sites is 2. The summed E-state index contributed by atoms with van der Waals surface area (Å²) in [7, 11) is 1.57. The number of rotatable bonds is 4. The fraction of sp³-hybridized carbons (Fsp3) is 0.467. The Hall–Kier alpha value is -1.88. The van der Waals surface area contributed by atoms with Crippen LogP contribution in [0.2, 0.25) is 0 Å². The third-order valence-corrected chi connectivity index (χ3v) is 3.50. The van der Waals surface area contributed by atoms with Gasteiger partial charge < -0.3 is 10.1 Å². The van der Waals surface area contributed by atoms with Crippen LogP contribution in [0.3, 0.4) is 0 Å². The van der Waals surface area contributed by atoms with Gasteiger partial charge in [-0.05, 0) is 12.1 Å². The number of piperidine rings is 1. The molecule has 0 aliphatic carbocycles. The maximum absolute atomic E-state index is 12.0. The van der Waals surface area contributed by atoms with Crippen LogP contribution in [-0.2, 0) is 9.59 Å². The van der Waals surface area contributed by atoms with Crippen LogP contribution in [0.25, 0.3) is 0 Å². The highest BCUT2D eigenvalue weighted by atomic mass is 16.5. The first-order valence-electron chi connectivity index (χ1n) is 6.78. The van der Waals surface area contributed by atoms with E-state index in [-0.39, 0.29) is 17.6 Å². The van der Waals surface area contributed by atoms with Gasteiger partial charge in [-0.2, -0.15) is 0 Å². The second-order valence-corrected chi connectivity index (χ2v) is 5.10. The number of hydrogen-bond acceptors (Lipinski definition) is 4. The summed E-state index contributed by atoms with van der Waals surface area (Å²) in [6.07, 6.45) is 0.531. The second-order valence-electron chi connectivity index (χ2n) is 5.10. The van der Waals surface area contributed by atoms with Crippen molar-refractivity contribution in [2.45, 2.75) is 13.3 Å². The molecular formula is C15H20N2O3. The van der Waals surface area contributed by atoms with Crippen molar-refractivity contribution in [1.82, 2.24) is 4.90 Å². The number of carbonyl (C=O) groups excluding carboxylic acids is 2. The van der Waals surface area contributed by atoms with Crippen molar-refractivity contribution in [2.75, 3.05) is 32.1 Å². The van der Waals surface area contributed by atoms with E-state index >= 15 is 0 Å². The fourth-order valence-corrected chi connectivity index (χ4v) is 2.38. The molecule has 0 aromatic heterocycles. The molecule has 0 bridgehead atoms. The van der Waals surface area contributed by atoms with E-state index in [9.17, 15) is 9.59 Å². The molecule has 0 saturated carbocycles. The molecule has 1 aromatic carbocycles. The average Bonchev–Trinajstić information content (AvgIpc) is 2.43. The number of nitrogens with one attached hydrogen (secondary N) is 1. The highest BCUT2D eigenvalue weighted by molar-refractivity contribution is 5.93. The van der Waals surface area contributed by atoms with Crippen molar-refractivity contribution in [3.05, 3.63) is 24.3 Å². The Bertz CT molecular complexity index is 502. The fourth-order valence-electron chi connectivity index (χ4n) is 2.38. The molecular weight excluding hydrogens is 256 g/mol. The number of benzene rings is 1. The van der Waals surface area contributed by atoms with Crippen LogP contribution in [0.15, 0.2) is 24.3 Å². The lowest BCUT2D eigenvalue weighted by Crippen LogP contribution is -2.43. The van der Waals surface area contributed by atoms with E-state index in [1.807, 2.05) is 24.0 Å². The van der Waals surface area contributed by atoms with Gasteiger partial charge in [0, 0.05) is 25.4 Å². The normalized spacial score (nSPS) is 19.7. The third-order valence-electron chi connectivity index (χ3n) is 3.50. The molecule has 1 atom stereocenters. The number of amides is 1. The molecule has 1 aliphatic heterocycles. The van der Waals surface area contributed by atoms with E-state index < -0.39 is 0 Å². The minimum absolute atomic E-state index is 0.0165. The van der Waals surface area contributed by atoms with Crippen molar-refractivity contribution < 1.29 is 14.3 Å². The summed E-state index contributed by atoms with van der Waals surface area (Å²) in [4.78, 5) is 25.5. The molecule has 1 aliphatic rings. The molecule has 1 amide bonds. The topological polar surface area (TPSA) is 58.6 Å². The number of hydrogen-bond donors (Lipinski definition) is 1. The summed E-state index contributed by atoms with van der Waals surface area (Å²) in [5, 5.41) is 2.84. The van der Waals surface area contributed by atoms with Gasteiger partial charge in [0.25, 0.3) is 0 Å². The van der Waals surface area contributed by atoms with Gasteiger partial charge in [0.05, 0.1) is 19.3 Å². The Morgan fingerprint density at radius 2 is 2.20 bits per heavy atom. The standard InChI is InChI=1S/C15H20N2O3/c1-11-9-17(8-7-13(11)18)10-15(19)16-12-5-3-4-6-14(12)20-2/h3-6,11H,7-10H2,1-2H3,(H,16,19). The van der Waals surface area contributed by atoms with E-state index in [1.165, 1.54) is 0 Å². The molecule has 5 heteroatoms. The summed E-state index contributed by atoms with van der Waals surface area (Å²) >= 11 is 0. The summed E-state index contributed by atoms with van der Waals surface area (Å²) in [5.41, 5.74) is 0.668. The smallest absolute Gasteiger partial charge is 0.238 e. The quantitative estimate of drug-likeness (QED) is 0.906. The third kappa shape index (κ3) is 3.57. The van der Waals surface area contributed by atoms with Crippen LogP contribution in [0.4, 0.5) is 5.69 Å². The Kier molecular flexibility index (Phi) is 4.74. The molecule has 1 heterocycles. The Balaban J connectivity index is 1.91. The number of Topliss-reactive ketones (excluding diaryl/α,β-unsaturated/α-hetero) is 1. The van der Waals surface area contributed by atoms with E-state index in [0.29, 0.717) is 37.5 Å². The first kappa shape index (κ1) is 14.5. The van der Waals surface area contributed by atoms with Crippen molar-refractivity contribution in [1.29, 1.82) is 0 Å². The van der Waals surface area contributed by atoms with E-state index in [2.05, 4.69) is 5.32 Å². The summed E-state index contributed by atoms with van der Waals surface area (Å²) in [5.74, 6) is 0.855. The van der Waals surface area contributed by atoms with Gasteiger partial charge in [-0.25, -0.2) is 0 Å². The Labute approximate surface area is 118 Å². The monoisotopic (exact) mass is 276 g/mol. The minimum Gasteiger partial charge on any atom is -0.495 e. The largest absolute Gasteiger partial charge is 0.495 e. The van der Waals surface area contributed by atoms with Crippen LogP contribution in [-0.4, -0.2) is 43.3 Å². The number of likely N-dealkylation sites (tertiary alicyclic amines) is 1. The first-order chi connectivity index (χ1) is 9.60. The molecule has 2 rings (SSSR count). The molecule has 0 spiro atoms. The van der Waals surface area contributed by atoms with Crippen LogP contribution in [0, 0.1) is 5.92 Å². The average molecular weight is 276 g/mol. The number of ether oxygens (including phenoxy) is 1. The molecule has 1 saturated heterocycles. The molecule has 0 radical (unpaired) electrons. The summed E-state index contributed by atoms with van der Waals surface area (Å²) in [6, 6.07) is 7.31. The molecule has 1 aromatic rings. The van der Waals surface area contributed by atoms with Crippen LogP contribution >= 0.6 is 0 Å². The summed E-state index contributed by atoms with van der Waals surface area (Å²) in [6.45, 7) is 3.52. The minimum atomic E-state index is -0.0870. The van der Waals surface area contributed by atoms with Crippen molar-refractivity contribution in [3.8, 4) is 5.75 Å². The van der Waals surface area contributed by atoms with Crippen LogP contribution in [0.1, 0.15) is 13.3 Å². The number of methoxy groups -OCH3 is 1. The molecule has 108 valence electrons. The summed E-state index contributed by atoms with van der Waals surface area (Å²) < 4.78 is 5.19. The zero-order valence-corrected chi connectivity index (χ0v) is 11.9. The lowest BCUT2D eigenvalue weighted by molar-refractivity contribution is -0.127. The maximum atomic E-state index is 12.0. The number of ketones is 1. The lowest BCUT2D eigenvalue weighted by Gasteiger charge is -2.29. The Morgan fingerprint density at radius 3 is 2.90 bits per heavy atom. The Morgan fingerprint density at radius 1 is 1.45 bits per heavy atom.